The number of anilines is 1. The van der Waals surface area contributed by atoms with Gasteiger partial charge in [0.2, 0.25) is 0 Å². The van der Waals surface area contributed by atoms with E-state index in [0.717, 1.165) is 0 Å². The third-order valence-corrected chi connectivity index (χ3v) is 2.07. The van der Waals surface area contributed by atoms with Crippen LogP contribution in [0.2, 0.25) is 0 Å². The fourth-order valence-corrected chi connectivity index (χ4v) is 1.37. The summed E-state index contributed by atoms with van der Waals surface area (Å²) < 4.78 is 34.6. The standard InChI is InChI=1S/C10H12F2N2O3/c1-16-7(15)4-5-3-6(13)14-8(10(11)12)9(5)17-2/h3,10H,4H2,1-2H3,(H2,13,14). The Balaban J connectivity index is 3.23. The Bertz CT molecular complexity index is 424. The largest absolute Gasteiger partial charge is 0.494 e. The second kappa shape index (κ2) is 5.42. The van der Waals surface area contributed by atoms with Crippen molar-refractivity contribution >= 4 is 11.8 Å². The summed E-state index contributed by atoms with van der Waals surface area (Å²) in [6, 6.07) is 1.31. The molecule has 0 radical (unpaired) electrons. The van der Waals surface area contributed by atoms with Crippen LogP contribution in [-0.2, 0) is 16.0 Å². The van der Waals surface area contributed by atoms with E-state index in [4.69, 9.17) is 10.5 Å². The molecule has 0 bridgehead atoms. The van der Waals surface area contributed by atoms with Gasteiger partial charge in [0.05, 0.1) is 20.6 Å². The molecule has 0 atom stereocenters. The molecule has 0 amide bonds. The maximum absolute atomic E-state index is 12.7. The van der Waals surface area contributed by atoms with Gasteiger partial charge in [-0.05, 0) is 6.07 Å². The first-order valence-electron chi connectivity index (χ1n) is 4.67. The highest BCUT2D eigenvalue weighted by molar-refractivity contribution is 5.74. The number of ether oxygens (including phenoxy) is 2. The van der Waals surface area contributed by atoms with Gasteiger partial charge >= 0.3 is 5.97 Å². The molecule has 1 aromatic heterocycles. The van der Waals surface area contributed by atoms with Gasteiger partial charge < -0.3 is 15.2 Å². The van der Waals surface area contributed by atoms with Crippen molar-refractivity contribution in [3.63, 3.8) is 0 Å². The van der Waals surface area contributed by atoms with Gasteiger partial charge in [-0.25, -0.2) is 13.8 Å². The summed E-state index contributed by atoms with van der Waals surface area (Å²) in [6.45, 7) is 0. The van der Waals surface area contributed by atoms with Crippen LogP contribution in [0.3, 0.4) is 0 Å². The Morgan fingerprint density at radius 3 is 2.65 bits per heavy atom. The van der Waals surface area contributed by atoms with E-state index in [9.17, 15) is 13.6 Å². The fourth-order valence-electron chi connectivity index (χ4n) is 1.37. The van der Waals surface area contributed by atoms with Crippen molar-refractivity contribution in [2.45, 2.75) is 12.8 Å². The molecule has 5 nitrogen and oxygen atoms in total. The lowest BCUT2D eigenvalue weighted by Crippen LogP contribution is -2.10. The molecule has 0 fully saturated rings. The van der Waals surface area contributed by atoms with Crippen molar-refractivity contribution in [3.8, 4) is 5.75 Å². The van der Waals surface area contributed by atoms with Gasteiger partial charge in [0.15, 0.2) is 5.69 Å². The molecule has 0 aliphatic carbocycles. The number of esters is 1. The van der Waals surface area contributed by atoms with Crippen LogP contribution in [0.4, 0.5) is 14.6 Å². The highest BCUT2D eigenvalue weighted by Gasteiger charge is 2.21. The van der Waals surface area contributed by atoms with Crippen LogP contribution >= 0.6 is 0 Å². The molecule has 17 heavy (non-hydrogen) atoms. The first-order valence-corrected chi connectivity index (χ1v) is 4.67. The maximum atomic E-state index is 12.7. The number of carbonyl (C=O) groups is 1. The lowest BCUT2D eigenvalue weighted by Gasteiger charge is -2.12. The highest BCUT2D eigenvalue weighted by Crippen LogP contribution is 2.32. The molecule has 7 heteroatoms. The van der Waals surface area contributed by atoms with Crippen molar-refractivity contribution in [3.05, 3.63) is 17.3 Å². The molecule has 94 valence electrons. The summed E-state index contributed by atoms with van der Waals surface area (Å²) in [4.78, 5) is 14.6. The molecule has 1 aromatic rings. The van der Waals surface area contributed by atoms with E-state index in [-0.39, 0.29) is 23.6 Å². The molecule has 0 spiro atoms. The second-order valence-electron chi connectivity index (χ2n) is 3.18. The quantitative estimate of drug-likeness (QED) is 0.811. The third-order valence-electron chi connectivity index (χ3n) is 2.07. The Hall–Kier alpha value is -1.92. The van der Waals surface area contributed by atoms with Gasteiger partial charge in [0.25, 0.3) is 6.43 Å². The zero-order valence-electron chi connectivity index (χ0n) is 9.37. The van der Waals surface area contributed by atoms with Crippen LogP contribution in [0.5, 0.6) is 5.75 Å². The monoisotopic (exact) mass is 246 g/mol. The number of hydrogen-bond acceptors (Lipinski definition) is 5. The number of alkyl halides is 2. The molecular weight excluding hydrogens is 234 g/mol. The Kier molecular flexibility index (Phi) is 4.19. The molecule has 0 aliphatic rings. The average molecular weight is 246 g/mol. The van der Waals surface area contributed by atoms with Gasteiger partial charge in [0.1, 0.15) is 11.6 Å². The topological polar surface area (TPSA) is 74.4 Å². The summed E-state index contributed by atoms with van der Waals surface area (Å²) in [5.74, 6) is -0.811. The van der Waals surface area contributed by atoms with Crippen molar-refractivity contribution < 1.29 is 23.0 Å². The van der Waals surface area contributed by atoms with Crippen LogP contribution < -0.4 is 10.5 Å². The number of nitrogens with two attached hydrogens (primary N) is 1. The number of hydrogen-bond donors (Lipinski definition) is 1. The van der Waals surface area contributed by atoms with E-state index in [2.05, 4.69) is 9.72 Å². The van der Waals surface area contributed by atoms with Crippen LogP contribution in [0.1, 0.15) is 17.7 Å². The molecule has 0 aromatic carbocycles. The third kappa shape index (κ3) is 3.02. The minimum Gasteiger partial charge on any atom is -0.494 e. The van der Waals surface area contributed by atoms with Gasteiger partial charge in [-0.1, -0.05) is 0 Å². The summed E-state index contributed by atoms with van der Waals surface area (Å²) in [5.41, 5.74) is 5.03. The number of rotatable bonds is 4. The average Bonchev–Trinajstić information content (AvgIpc) is 2.28. The number of pyridine rings is 1. The molecule has 0 saturated carbocycles. The summed E-state index contributed by atoms with van der Waals surface area (Å²) >= 11 is 0. The van der Waals surface area contributed by atoms with E-state index >= 15 is 0 Å². The lowest BCUT2D eigenvalue weighted by atomic mass is 10.1. The number of methoxy groups -OCH3 is 2. The molecular formula is C10H12F2N2O3. The molecule has 1 heterocycles. The molecule has 1 rings (SSSR count). The molecule has 0 saturated heterocycles. The van der Waals surface area contributed by atoms with E-state index in [0.29, 0.717) is 0 Å². The first kappa shape index (κ1) is 13.1. The minimum atomic E-state index is -2.83. The van der Waals surface area contributed by atoms with Crippen molar-refractivity contribution in [2.24, 2.45) is 0 Å². The first-order chi connectivity index (χ1) is 7.99. The van der Waals surface area contributed by atoms with E-state index in [1.165, 1.54) is 20.3 Å². The van der Waals surface area contributed by atoms with Gasteiger partial charge in [0, 0.05) is 5.56 Å². The number of nitrogens with zero attached hydrogens (tertiary/aromatic N) is 1. The lowest BCUT2D eigenvalue weighted by molar-refractivity contribution is -0.139. The summed E-state index contributed by atoms with van der Waals surface area (Å²) in [7, 11) is 2.42. The summed E-state index contributed by atoms with van der Waals surface area (Å²) in [6.07, 6.45) is -3.03. The number of nitrogen functional groups attached to an aromatic ring is 1. The van der Waals surface area contributed by atoms with Crippen LogP contribution in [0.25, 0.3) is 0 Å². The predicted molar refractivity (Wildman–Crippen MR) is 55.9 cm³/mol. The number of halogens is 2. The summed E-state index contributed by atoms with van der Waals surface area (Å²) in [5, 5.41) is 0. The molecule has 0 unspecified atom stereocenters. The molecule has 2 N–H and O–H groups in total. The minimum absolute atomic E-state index is 0.0972. The van der Waals surface area contributed by atoms with Gasteiger partial charge in [-0.3, -0.25) is 4.79 Å². The van der Waals surface area contributed by atoms with Gasteiger partial charge in [-0.15, -0.1) is 0 Å². The predicted octanol–water partition coefficient (Wildman–Crippen LogP) is 1.33. The van der Waals surface area contributed by atoms with E-state index < -0.39 is 18.1 Å². The Labute approximate surface area is 96.5 Å². The second-order valence-corrected chi connectivity index (χ2v) is 3.18. The van der Waals surface area contributed by atoms with Gasteiger partial charge in [-0.2, -0.15) is 0 Å². The zero-order valence-corrected chi connectivity index (χ0v) is 9.37. The molecule has 0 aliphatic heterocycles. The smallest absolute Gasteiger partial charge is 0.310 e. The van der Waals surface area contributed by atoms with Crippen LogP contribution in [-0.4, -0.2) is 25.2 Å². The zero-order chi connectivity index (χ0) is 13.0. The van der Waals surface area contributed by atoms with Crippen molar-refractivity contribution in [2.75, 3.05) is 20.0 Å². The van der Waals surface area contributed by atoms with E-state index in [1.54, 1.807) is 0 Å². The van der Waals surface area contributed by atoms with Crippen LogP contribution in [0, 0.1) is 0 Å². The number of aromatic nitrogens is 1. The van der Waals surface area contributed by atoms with Crippen molar-refractivity contribution in [1.82, 2.24) is 4.98 Å². The SMILES string of the molecule is COC(=O)Cc1cc(N)nc(C(F)F)c1OC. The Morgan fingerprint density at radius 2 is 2.18 bits per heavy atom. The highest BCUT2D eigenvalue weighted by atomic mass is 19.3. The maximum Gasteiger partial charge on any atom is 0.310 e. The van der Waals surface area contributed by atoms with Crippen molar-refractivity contribution in [1.29, 1.82) is 0 Å². The normalized spacial score (nSPS) is 10.4. The number of carbonyl (C=O) groups excluding carboxylic acids is 1. The van der Waals surface area contributed by atoms with E-state index in [1.807, 2.05) is 0 Å². The van der Waals surface area contributed by atoms with Crippen LogP contribution in [0.15, 0.2) is 6.07 Å². The fraction of sp³-hybridized carbons (Fsp3) is 0.400. The Morgan fingerprint density at radius 1 is 1.53 bits per heavy atom.